The standard InChI is InChI=1S/C20H18F3N5O4/c1-12(10-30-15-6-7-16-17(8-15)32-11-31-16)24-18(29)9-28-26-19(25-27-28)13-2-4-14(5-3-13)20(21,22)23/h2-8,12H,9-11H2,1H3,(H,24,29). The molecule has 4 rings (SSSR count). The minimum absolute atomic E-state index is 0.116. The lowest BCUT2D eigenvalue weighted by Gasteiger charge is -2.15. The lowest BCUT2D eigenvalue weighted by molar-refractivity contribution is -0.137. The van der Waals surface area contributed by atoms with Crippen LogP contribution in [0.5, 0.6) is 17.2 Å². The van der Waals surface area contributed by atoms with Crippen molar-refractivity contribution in [2.75, 3.05) is 13.4 Å². The fourth-order valence-electron chi connectivity index (χ4n) is 2.91. The van der Waals surface area contributed by atoms with E-state index in [0.717, 1.165) is 16.9 Å². The van der Waals surface area contributed by atoms with E-state index in [1.807, 2.05) is 0 Å². The van der Waals surface area contributed by atoms with Crippen LogP contribution in [0.15, 0.2) is 42.5 Å². The molecule has 0 saturated carbocycles. The number of nitrogens with one attached hydrogen (secondary N) is 1. The molecular formula is C20H18F3N5O4. The zero-order chi connectivity index (χ0) is 22.7. The summed E-state index contributed by atoms with van der Waals surface area (Å²) in [5, 5.41) is 14.4. The van der Waals surface area contributed by atoms with Crippen LogP contribution in [0, 0.1) is 0 Å². The second kappa shape index (κ2) is 8.73. The molecule has 168 valence electrons. The number of ether oxygens (including phenoxy) is 3. The number of alkyl halides is 3. The second-order valence-electron chi connectivity index (χ2n) is 7.01. The van der Waals surface area contributed by atoms with Gasteiger partial charge in [-0.3, -0.25) is 4.79 Å². The summed E-state index contributed by atoms with van der Waals surface area (Å²) in [6.07, 6.45) is -4.43. The summed E-state index contributed by atoms with van der Waals surface area (Å²) in [7, 11) is 0. The molecule has 12 heteroatoms. The van der Waals surface area contributed by atoms with Crippen LogP contribution in [0.2, 0.25) is 0 Å². The number of hydrogen-bond acceptors (Lipinski definition) is 7. The van der Waals surface area contributed by atoms with Crippen molar-refractivity contribution in [1.29, 1.82) is 0 Å². The first-order valence-electron chi connectivity index (χ1n) is 9.55. The van der Waals surface area contributed by atoms with E-state index in [1.165, 1.54) is 12.1 Å². The largest absolute Gasteiger partial charge is 0.491 e. The third-order valence-electron chi connectivity index (χ3n) is 4.46. The van der Waals surface area contributed by atoms with Gasteiger partial charge in [0.25, 0.3) is 0 Å². The minimum Gasteiger partial charge on any atom is -0.491 e. The van der Waals surface area contributed by atoms with Crippen LogP contribution < -0.4 is 19.5 Å². The summed E-state index contributed by atoms with van der Waals surface area (Å²) in [5.41, 5.74) is -0.417. The highest BCUT2D eigenvalue weighted by Gasteiger charge is 2.30. The van der Waals surface area contributed by atoms with Crippen LogP contribution in [0.25, 0.3) is 11.4 Å². The van der Waals surface area contributed by atoms with Crippen molar-refractivity contribution in [2.24, 2.45) is 0 Å². The van der Waals surface area contributed by atoms with Crippen LogP contribution in [-0.4, -0.2) is 45.6 Å². The fraction of sp³-hybridized carbons (Fsp3) is 0.300. The molecule has 32 heavy (non-hydrogen) atoms. The Balaban J connectivity index is 1.27. The van der Waals surface area contributed by atoms with Crippen molar-refractivity contribution in [2.45, 2.75) is 25.7 Å². The van der Waals surface area contributed by atoms with Gasteiger partial charge in [0.05, 0.1) is 11.6 Å². The summed E-state index contributed by atoms with van der Waals surface area (Å²) < 4.78 is 54.2. The van der Waals surface area contributed by atoms with Crippen LogP contribution in [0.1, 0.15) is 12.5 Å². The minimum atomic E-state index is -4.43. The molecule has 0 fully saturated rings. The van der Waals surface area contributed by atoms with Gasteiger partial charge < -0.3 is 19.5 Å². The predicted molar refractivity (Wildman–Crippen MR) is 104 cm³/mol. The molecular weight excluding hydrogens is 431 g/mol. The Bertz CT molecular complexity index is 1100. The van der Waals surface area contributed by atoms with Gasteiger partial charge in [-0.05, 0) is 36.4 Å². The first-order chi connectivity index (χ1) is 15.3. The van der Waals surface area contributed by atoms with Crippen molar-refractivity contribution in [3.05, 3.63) is 48.0 Å². The Morgan fingerprint density at radius 2 is 1.94 bits per heavy atom. The first kappa shape index (κ1) is 21.4. The smallest absolute Gasteiger partial charge is 0.416 e. The third-order valence-corrected chi connectivity index (χ3v) is 4.46. The van der Waals surface area contributed by atoms with Gasteiger partial charge in [-0.25, -0.2) is 0 Å². The average Bonchev–Trinajstić information content (AvgIpc) is 3.40. The number of halogens is 3. The van der Waals surface area contributed by atoms with Gasteiger partial charge in [-0.15, -0.1) is 10.2 Å². The fourth-order valence-corrected chi connectivity index (χ4v) is 2.91. The molecule has 1 aromatic heterocycles. The number of hydrogen-bond donors (Lipinski definition) is 1. The molecule has 9 nitrogen and oxygen atoms in total. The molecule has 1 aliphatic heterocycles. The molecule has 2 aromatic carbocycles. The van der Waals surface area contributed by atoms with Gasteiger partial charge in [0, 0.05) is 11.6 Å². The molecule has 1 N–H and O–H groups in total. The maximum Gasteiger partial charge on any atom is 0.416 e. The molecule has 0 aliphatic carbocycles. The maximum atomic E-state index is 12.7. The Morgan fingerprint density at radius 1 is 1.19 bits per heavy atom. The molecule has 0 saturated heterocycles. The van der Waals surface area contributed by atoms with Gasteiger partial charge in [0.2, 0.25) is 18.5 Å². The molecule has 1 amide bonds. The normalized spacial score (nSPS) is 13.6. The number of rotatable bonds is 7. The zero-order valence-electron chi connectivity index (χ0n) is 16.8. The lowest BCUT2D eigenvalue weighted by Crippen LogP contribution is -2.39. The van der Waals surface area contributed by atoms with Crippen molar-refractivity contribution in [3.8, 4) is 28.6 Å². The highest BCUT2D eigenvalue weighted by Crippen LogP contribution is 2.35. The van der Waals surface area contributed by atoms with Gasteiger partial charge in [0.1, 0.15) is 18.9 Å². The number of aromatic nitrogens is 4. The molecule has 2 heterocycles. The van der Waals surface area contributed by atoms with E-state index < -0.39 is 11.7 Å². The van der Waals surface area contributed by atoms with Gasteiger partial charge in [-0.2, -0.15) is 18.0 Å². The molecule has 3 aromatic rings. The van der Waals surface area contributed by atoms with E-state index >= 15 is 0 Å². The van der Waals surface area contributed by atoms with E-state index in [-0.39, 0.29) is 37.7 Å². The maximum absolute atomic E-state index is 12.7. The van der Waals surface area contributed by atoms with E-state index in [2.05, 4.69) is 20.7 Å². The lowest BCUT2D eigenvalue weighted by atomic mass is 10.1. The average molecular weight is 449 g/mol. The summed E-state index contributed by atoms with van der Waals surface area (Å²) in [4.78, 5) is 13.3. The molecule has 1 aliphatic rings. The molecule has 0 radical (unpaired) electrons. The summed E-state index contributed by atoms with van der Waals surface area (Å²) in [5.74, 6) is 1.57. The Labute approximate surface area is 180 Å². The number of amides is 1. The number of benzene rings is 2. The Kier molecular flexibility index (Phi) is 5.84. The summed E-state index contributed by atoms with van der Waals surface area (Å²) >= 11 is 0. The Hall–Kier alpha value is -3.83. The monoisotopic (exact) mass is 449 g/mol. The Morgan fingerprint density at radius 3 is 2.69 bits per heavy atom. The second-order valence-corrected chi connectivity index (χ2v) is 7.01. The van der Waals surface area contributed by atoms with E-state index in [1.54, 1.807) is 25.1 Å². The molecule has 0 spiro atoms. The number of carbonyl (C=O) groups is 1. The van der Waals surface area contributed by atoms with Crippen LogP contribution in [0.4, 0.5) is 13.2 Å². The molecule has 1 atom stereocenters. The third kappa shape index (κ3) is 5.07. The van der Waals surface area contributed by atoms with Gasteiger partial charge in [-0.1, -0.05) is 12.1 Å². The number of fused-ring (bicyclic) bond motifs is 1. The molecule has 1 unspecified atom stereocenters. The van der Waals surface area contributed by atoms with Gasteiger partial charge >= 0.3 is 6.18 Å². The first-order valence-corrected chi connectivity index (χ1v) is 9.55. The van der Waals surface area contributed by atoms with Crippen molar-refractivity contribution in [3.63, 3.8) is 0 Å². The predicted octanol–water partition coefficient (Wildman–Crippen LogP) is 2.67. The highest BCUT2D eigenvalue weighted by atomic mass is 19.4. The summed E-state index contributed by atoms with van der Waals surface area (Å²) in [6, 6.07) is 9.24. The van der Waals surface area contributed by atoms with Crippen molar-refractivity contribution in [1.82, 2.24) is 25.5 Å². The van der Waals surface area contributed by atoms with Crippen molar-refractivity contribution < 1.29 is 32.2 Å². The van der Waals surface area contributed by atoms with E-state index in [9.17, 15) is 18.0 Å². The zero-order valence-corrected chi connectivity index (χ0v) is 16.8. The number of tetrazole rings is 1. The molecule has 0 bridgehead atoms. The number of carbonyl (C=O) groups excluding carboxylic acids is 1. The number of nitrogens with zero attached hydrogens (tertiary/aromatic N) is 4. The van der Waals surface area contributed by atoms with Crippen LogP contribution >= 0.6 is 0 Å². The van der Waals surface area contributed by atoms with E-state index in [4.69, 9.17) is 14.2 Å². The van der Waals surface area contributed by atoms with Gasteiger partial charge in [0.15, 0.2) is 11.5 Å². The quantitative estimate of drug-likeness (QED) is 0.592. The topological polar surface area (TPSA) is 100 Å². The summed E-state index contributed by atoms with van der Waals surface area (Å²) in [6.45, 7) is 1.95. The SMILES string of the molecule is CC(COc1ccc2c(c1)OCO2)NC(=O)Cn1nnc(-c2ccc(C(F)(F)F)cc2)n1. The van der Waals surface area contributed by atoms with Crippen molar-refractivity contribution >= 4 is 5.91 Å². The van der Waals surface area contributed by atoms with Crippen LogP contribution in [0.3, 0.4) is 0 Å². The van der Waals surface area contributed by atoms with Crippen LogP contribution in [-0.2, 0) is 17.5 Å². The highest BCUT2D eigenvalue weighted by molar-refractivity contribution is 5.75. The van der Waals surface area contributed by atoms with E-state index in [0.29, 0.717) is 22.8 Å².